The molecule has 3 nitrogen and oxygen atoms in total. The van der Waals surface area contributed by atoms with Gasteiger partial charge in [-0.15, -0.1) is 11.8 Å². The number of hydrogen-bond acceptors (Lipinski definition) is 4. The number of aryl methyl sites for hydroxylation is 1. The molecule has 1 N–H and O–H groups in total. The summed E-state index contributed by atoms with van der Waals surface area (Å²) in [5.41, 5.74) is 1.02. The Morgan fingerprint density at radius 1 is 1.40 bits per heavy atom. The Labute approximate surface area is 96.1 Å². The van der Waals surface area contributed by atoms with Crippen LogP contribution in [0.4, 0.5) is 5.95 Å². The lowest BCUT2D eigenvalue weighted by Crippen LogP contribution is -2.04. The zero-order valence-electron chi connectivity index (χ0n) is 9.87. The fourth-order valence-electron chi connectivity index (χ4n) is 1.13. The van der Waals surface area contributed by atoms with Gasteiger partial charge in [-0.05, 0) is 26.3 Å². The number of thioether (sulfide) groups is 1. The van der Waals surface area contributed by atoms with Gasteiger partial charge in [0.15, 0.2) is 0 Å². The molecular weight excluding hydrogens is 206 g/mol. The highest BCUT2D eigenvalue weighted by molar-refractivity contribution is 7.99. The van der Waals surface area contributed by atoms with Gasteiger partial charge in [-0.1, -0.05) is 13.8 Å². The molecule has 0 saturated heterocycles. The second-order valence-electron chi connectivity index (χ2n) is 3.54. The maximum Gasteiger partial charge on any atom is 0.223 e. The Kier molecular flexibility index (Phi) is 4.88. The molecule has 0 aliphatic rings. The predicted octanol–water partition coefficient (Wildman–Crippen LogP) is 3.11. The van der Waals surface area contributed by atoms with Gasteiger partial charge < -0.3 is 5.32 Å². The van der Waals surface area contributed by atoms with E-state index in [0.717, 1.165) is 29.6 Å². The third-order valence-electron chi connectivity index (χ3n) is 2.06. The molecule has 15 heavy (non-hydrogen) atoms. The quantitative estimate of drug-likeness (QED) is 0.617. The Bertz CT molecular complexity index is 315. The van der Waals surface area contributed by atoms with Crippen molar-refractivity contribution >= 4 is 17.7 Å². The molecule has 4 heteroatoms. The number of anilines is 1. The van der Waals surface area contributed by atoms with E-state index in [0.29, 0.717) is 5.25 Å². The summed E-state index contributed by atoms with van der Waals surface area (Å²) >= 11 is 1.81. The molecule has 0 aliphatic carbocycles. The van der Waals surface area contributed by atoms with Crippen LogP contribution in [0.1, 0.15) is 32.9 Å². The van der Waals surface area contributed by atoms with Gasteiger partial charge in [-0.2, -0.15) is 0 Å². The largest absolute Gasteiger partial charge is 0.354 e. The third kappa shape index (κ3) is 4.08. The highest BCUT2D eigenvalue weighted by atomic mass is 32.2. The third-order valence-corrected chi connectivity index (χ3v) is 3.25. The molecule has 1 aromatic rings. The molecule has 1 heterocycles. The van der Waals surface area contributed by atoms with Crippen molar-refractivity contribution in [3.05, 3.63) is 11.8 Å². The zero-order valence-corrected chi connectivity index (χ0v) is 10.7. The molecule has 0 amide bonds. The molecule has 0 bridgehead atoms. The van der Waals surface area contributed by atoms with E-state index >= 15 is 0 Å². The molecule has 84 valence electrons. The first-order chi connectivity index (χ1) is 7.15. The number of nitrogens with zero attached hydrogens (tertiary/aromatic N) is 2. The van der Waals surface area contributed by atoms with Crippen LogP contribution >= 0.6 is 11.8 Å². The van der Waals surface area contributed by atoms with Crippen LogP contribution < -0.4 is 5.32 Å². The van der Waals surface area contributed by atoms with Crippen molar-refractivity contribution in [2.45, 2.75) is 44.4 Å². The number of rotatable bonds is 5. The molecule has 0 saturated carbocycles. The zero-order chi connectivity index (χ0) is 11.3. The molecule has 0 spiro atoms. The van der Waals surface area contributed by atoms with Gasteiger partial charge in [0.1, 0.15) is 5.03 Å². The van der Waals surface area contributed by atoms with E-state index in [9.17, 15) is 0 Å². The lowest BCUT2D eigenvalue weighted by Gasteiger charge is -2.09. The molecule has 1 atom stereocenters. The Balaban J connectivity index is 2.78. The maximum atomic E-state index is 4.45. The summed E-state index contributed by atoms with van der Waals surface area (Å²) in [7, 11) is 0. The minimum atomic E-state index is 0.605. The van der Waals surface area contributed by atoms with E-state index in [1.54, 1.807) is 11.8 Å². The standard InChI is InChI=1S/C11H19N3S/c1-5-9(4)15-10-7-8(3)13-11(14-10)12-6-2/h7,9H,5-6H2,1-4H3,(H,12,13,14). The molecule has 0 aliphatic heterocycles. The number of nitrogens with one attached hydrogen (secondary N) is 1. The summed E-state index contributed by atoms with van der Waals surface area (Å²) in [6.45, 7) is 9.32. The average Bonchev–Trinajstić information content (AvgIpc) is 2.17. The van der Waals surface area contributed by atoms with Gasteiger partial charge in [0.25, 0.3) is 0 Å². The van der Waals surface area contributed by atoms with Crippen LogP contribution in [0.25, 0.3) is 0 Å². The van der Waals surface area contributed by atoms with E-state index in [4.69, 9.17) is 0 Å². The van der Waals surface area contributed by atoms with Crippen molar-refractivity contribution in [3.63, 3.8) is 0 Å². The Morgan fingerprint density at radius 2 is 2.13 bits per heavy atom. The van der Waals surface area contributed by atoms with E-state index in [2.05, 4.69) is 29.1 Å². The second kappa shape index (κ2) is 5.95. The second-order valence-corrected chi connectivity index (χ2v) is 5.00. The van der Waals surface area contributed by atoms with Crippen LogP contribution in [-0.4, -0.2) is 21.8 Å². The molecule has 1 unspecified atom stereocenters. The van der Waals surface area contributed by atoms with Crippen molar-refractivity contribution in [2.24, 2.45) is 0 Å². The molecule has 0 radical (unpaired) electrons. The predicted molar refractivity (Wildman–Crippen MR) is 66.5 cm³/mol. The molecule has 0 fully saturated rings. The van der Waals surface area contributed by atoms with Crippen LogP contribution in [0.5, 0.6) is 0 Å². The van der Waals surface area contributed by atoms with E-state index < -0.39 is 0 Å². The van der Waals surface area contributed by atoms with Crippen LogP contribution in [-0.2, 0) is 0 Å². The number of aromatic nitrogens is 2. The van der Waals surface area contributed by atoms with Crippen LogP contribution in [0.15, 0.2) is 11.1 Å². The molecule has 1 rings (SSSR count). The SMILES string of the molecule is CCNc1nc(C)cc(SC(C)CC)n1. The lowest BCUT2D eigenvalue weighted by atomic mass is 10.4. The maximum absolute atomic E-state index is 4.45. The molecule has 1 aromatic heterocycles. The van der Waals surface area contributed by atoms with Crippen molar-refractivity contribution in [3.8, 4) is 0 Å². The van der Waals surface area contributed by atoms with Crippen molar-refractivity contribution in [1.82, 2.24) is 9.97 Å². The first-order valence-electron chi connectivity index (χ1n) is 5.41. The van der Waals surface area contributed by atoms with E-state index in [1.165, 1.54) is 0 Å². The van der Waals surface area contributed by atoms with E-state index in [-0.39, 0.29) is 0 Å². The highest BCUT2D eigenvalue weighted by Crippen LogP contribution is 2.24. The first kappa shape index (κ1) is 12.3. The fraction of sp³-hybridized carbons (Fsp3) is 0.636. The Hall–Kier alpha value is -0.770. The summed E-state index contributed by atoms with van der Waals surface area (Å²) in [6.07, 6.45) is 1.16. The summed E-state index contributed by atoms with van der Waals surface area (Å²) in [4.78, 5) is 8.77. The normalized spacial score (nSPS) is 12.5. The highest BCUT2D eigenvalue weighted by Gasteiger charge is 2.05. The smallest absolute Gasteiger partial charge is 0.223 e. The van der Waals surface area contributed by atoms with Gasteiger partial charge in [-0.3, -0.25) is 0 Å². The van der Waals surface area contributed by atoms with Crippen molar-refractivity contribution < 1.29 is 0 Å². The summed E-state index contributed by atoms with van der Waals surface area (Å²) in [6, 6.07) is 2.04. The number of hydrogen-bond donors (Lipinski definition) is 1. The van der Waals surface area contributed by atoms with Crippen LogP contribution in [0.3, 0.4) is 0 Å². The van der Waals surface area contributed by atoms with E-state index in [1.807, 2.05) is 19.9 Å². The average molecular weight is 225 g/mol. The van der Waals surface area contributed by atoms with Gasteiger partial charge >= 0.3 is 0 Å². The van der Waals surface area contributed by atoms with Crippen molar-refractivity contribution in [1.29, 1.82) is 0 Å². The summed E-state index contributed by atoms with van der Waals surface area (Å²) in [5.74, 6) is 0.739. The Morgan fingerprint density at radius 3 is 2.73 bits per heavy atom. The van der Waals surface area contributed by atoms with Crippen molar-refractivity contribution in [2.75, 3.05) is 11.9 Å². The topological polar surface area (TPSA) is 37.8 Å². The first-order valence-corrected chi connectivity index (χ1v) is 6.29. The lowest BCUT2D eigenvalue weighted by molar-refractivity contribution is 0.896. The monoisotopic (exact) mass is 225 g/mol. The summed E-state index contributed by atoms with van der Waals surface area (Å²) in [5, 5.41) is 4.81. The van der Waals surface area contributed by atoms with Gasteiger partial charge in [0.2, 0.25) is 5.95 Å². The minimum Gasteiger partial charge on any atom is -0.354 e. The minimum absolute atomic E-state index is 0.605. The van der Waals surface area contributed by atoms with Crippen LogP contribution in [0.2, 0.25) is 0 Å². The molecule has 0 aromatic carbocycles. The van der Waals surface area contributed by atoms with Crippen LogP contribution in [0, 0.1) is 6.92 Å². The summed E-state index contributed by atoms with van der Waals surface area (Å²) < 4.78 is 0. The van der Waals surface area contributed by atoms with Gasteiger partial charge in [-0.25, -0.2) is 9.97 Å². The van der Waals surface area contributed by atoms with Gasteiger partial charge in [0.05, 0.1) is 0 Å². The molecular formula is C11H19N3S. The van der Waals surface area contributed by atoms with Gasteiger partial charge in [0, 0.05) is 17.5 Å². The fourth-order valence-corrected chi connectivity index (χ4v) is 2.08.